The molecule has 120 valence electrons. The molecule has 1 unspecified atom stereocenters. The van der Waals surface area contributed by atoms with Crippen LogP contribution in [-0.2, 0) is 0 Å². The first kappa shape index (κ1) is 15.6. The van der Waals surface area contributed by atoms with Gasteiger partial charge in [0.25, 0.3) is 0 Å². The Morgan fingerprint density at radius 3 is 3.00 bits per heavy atom. The van der Waals surface area contributed by atoms with Gasteiger partial charge in [-0.3, -0.25) is 0 Å². The summed E-state index contributed by atoms with van der Waals surface area (Å²) in [6.07, 6.45) is 3.42. The summed E-state index contributed by atoms with van der Waals surface area (Å²) in [6, 6.07) is 9.17. The molecule has 6 nitrogen and oxygen atoms in total. The molecule has 1 aliphatic heterocycles. The van der Waals surface area contributed by atoms with Crippen molar-refractivity contribution in [2.45, 2.75) is 18.9 Å². The Balaban J connectivity index is 1.74. The quantitative estimate of drug-likeness (QED) is 0.905. The Kier molecular flexibility index (Phi) is 4.62. The smallest absolute Gasteiger partial charge is 0.314 e. The number of urea groups is 1. The predicted octanol–water partition coefficient (Wildman–Crippen LogP) is 2.75. The minimum Gasteiger partial charge on any atom is -0.365 e. The summed E-state index contributed by atoms with van der Waals surface area (Å²) in [4.78, 5) is 21.5. The molecule has 1 aromatic carbocycles. The van der Waals surface area contributed by atoms with Crippen LogP contribution in [0.15, 0.2) is 36.7 Å². The average molecular weight is 332 g/mol. The number of halogens is 1. The van der Waals surface area contributed by atoms with Gasteiger partial charge >= 0.3 is 6.03 Å². The summed E-state index contributed by atoms with van der Waals surface area (Å²) in [7, 11) is 0. The first-order valence-electron chi connectivity index (χ1n) is 7.51. The van der Waals surface area contributed by atoms with Crippen molar-refractivity contribution in [3.63, 3.8) is 0 Å². The second-order valence-corrected chi connectivity index (χ2v) is 6.00. The number of anilines is 1. The molecule has 2 amide bonds. The van der Waals surface area contributed by atoms with Gasteiger partial charge in [0.15, 0.2) is 0 Å². The number of piperidine rings is 1. The number of nitrogens with one attached hydrogen (secondary N) is 1. The highest BCUT2D eigenvalue weighted by Crippen LogP contribution is 2.23. The molecule has 0 bridgehead atoms. The van der Waals surface area contributed by atoms with Crippen LogP contribution in [0.25, 0.3) is 11.3 Å². The average Bonchev–Trinajstić information content (AvgIpc) is 2.55. The summed E-state index contributed by atoms with van der Waals surface area (Å²) in [5.74, 6) is 0.728. The molecular formula is C16H18ClN5O. The molecule has 3 rings (SSSR count). The van der Waals surface area contributed by atoms with E-state index < -0.39 is 0 Å². The highest BCUT2D eigenvalue weighted by Gasteiger charge is 2.22. The zero-order valence-corrected chi connectivity index (χ0v) is 13.3. The number of rotatable bonds is 3. The van der Waals surface area contributed by atoms with E-state index in [0.29, 0.717) is 18.1 Å². The maximum absolute atomic E-state index is 11.3. The Morgan fingerprint density at radius 2 is 2.22 bits per heavy atom. The first-order valence-corrected chi connectivity index (χ1v) is 7.88. The van der Waals surface area contributed by atoms with Crippen LogP contribution in [-0.4, -0.2) is 40.0 Å². The third kappa shape index (κ3) is 3.90. The second kappa shape index (κ2) is 6.83. The van der Waals surface area contributed by atoms with E-state index in [1.54, 1.807) is 4.90 Å². The van der Waals surface area contributed by atoms with E-state index in [1.165, 1.54) is 6.33 Å². The van der Waals surface area contributed by atoms with Crippen molar-refractivity contribution in [1.82, 2.24) is 14.9 Å². The molecule has 0 aliphatic carbocycles. The van der Waals surface area contributed by atoms with E-state index in [4.69, 9.17) is 17.3 Å². The van der Waals surface area contributed by atoms with E-state index in [1.807, 2.05) is 30.3 Å². The summed E-state index contributed by atoms with van der Waals surface area (Å²) in [5.41, 5.74) is 7.09. The maximum Gasteiger partial charge on any atom is 0.314 e. The Hall–Kier alpha value is -2.34. The molecule has 1 aliphatic rings. The van der Waals surface area contributed by atoms with E-state index in [0.717, 1.165) is 29.9 Å². The highest BCUT2D eigenvalue weighted by molar-refractivity contribution is 6.30. The first-order chi connectivity index (χ1) is 11.1. The van der Waals surface area contributed by atoms with Crippen molar-refractivity contribution in [3.8, 4) is 11.3 Å². The van der Waals surface area contributed by atoms with Gasteiger partial charge in [0.05, 0.1) is 5.69 Å². The number of hydrogen-bond acceptors (Lipinski definition) is 4. The maximum atomic E-state index is 11.3. The zero-order chi connectivity index (χ0) is 16.2. The molecule has 3 N–H and O–H groups in total. The van der Waals surface area contributed by atoms with Gasteiger partial charge in [0, 0.05) is 35.8 Å². The molecule has 0 spiro atoms. The van der Waals surface area contributed by atoms with Crippen LogP contribution in [0.4, 0.5) is 10.6 Å². The number of aromatic nitrogens is 2. The van der Waals surface area contributed by atoms with Gasteiger partial charge in [-0.1, -0.05) is 23.7 Å². The third-order valence-electron chi connectivity index (χ3n) is 3.87. The molecule has 7 heteroatoms. The highest BCUT2D eigenvalue weighted by atomic mass is 35.5. The Bertz CT molecular complexity index is 708. The van der Waals surface area contributed by atoms with Crippen LogP contribution in [0.3, 0.4) is 0 Å². The molecule has 1 atom stereocenters. The standard InChI is InChI=1S/C16H18ClN5O/c17-12-4-1-3-11(7-12)14-8-15(20-10-19-14)21-13-5-2-6-22(9-13)16(18)23/h1,3-4,7-8,10,13H,2,5-6,9H2,(H2,18,23)(H,19,20,21). The lowest BCUT2D eigenvalue weighted by Crippen LogP contribution is -2.47. The lowest BCUT2D eigenvalue weighted by Gasteiger charge is -2.32. The van der Waals surface area contributed by atoms with E-state index >= 15 is 0 Å². The van der Waals surface area contributed by atoms with Crippen LogP contribution >= 0.6 is 11.6 Å². The Labute approximate surface area is 139 Å². The fourth-order valence-corrected chi connectivity index (χ4v) is 2.94. The van der Waals surface area contributed by atoms with Crippen LogP contribution in [0, 0.1) is 0 Å². The Morgan fingerprint density at radius 1 is 1.35 bits per heavy atom. The SMILES string of the molecule is NC(=O)N1CCCC(Nc2cc(-c3cccc(Cl)c3)ncn2)C1. The number of likely N-dealkylation sites (tertiary alicyclic amines) is 1. The van der Waals surface area contributed by atoms with Crippen LogP contribution < -0.4 is 11.1 Å². The largest absolute Gasteiger partial charge is 0.365 e. The number of primary amides is 1. The molecule has 23 heavy (non-hydrogen) atoms. The van der Waals surface area contributed by atoms with Crippen molar-refractivity contribution >= 4 is 23.4 Å². The number of carbonyl (C=O) groups excluding carboxylic acids is 1. The van der Waals surface area contributed by atoms with Crippen molar-refractivity contribution in [2.75, 3.05) is 18.4 Å². The van der Waals surface area contributed by atoms with Gasteiger partial charge in [0.2, 0.25) is 0 Å². The van der Waals surface area contributed by atoms with Crippen molar-refractivity contribution in [3.05, 3.63) is 41.7 Å². The summed E-state index contributed by atoms with van der Waals surface area (Å²) < 4.78 is 0. The van der Waals surface area contributed by atoms with Gasteiger partial charge in [-0.25, -0.2) is 14.8 Å². The predicted molar refractivity (Wildman–Crippen MR) is 90.3 cm³/mol. The molecule has 1 fully saturated rings. The van der Waals surface area contributed by atoms with Crippen molar-refractivity contribution < 1.29 is 4.79 Å². The molecule has 2 heterocycles. The number of nitrogens with zero attached hydrogens (tertiary/aromatic N) is 3. The lowest BCUT2D eigenvalue weighted by molar-refractivity contribution is 0.192. The van der Waals surface area contributed by atoms with E-state index in [9.17, 15) is 4.79 Å². The van der Waals surface area contributed by atoms with Gasteiger partial charge in [-0.15, -0.1) is 0 Å². The number of benzene rings is 1. The van der Waals surface area contributed by atoms with Crippen LogP contribution in [0.1, 0.15) is 12.8 Å². The molecule has 2 aromatic rings. The van der Waals surface area contributed by atoms with Crippen molar-refractivity contribution in [2.24, 2.45) is 5.73 Å². The molecular weight excluding hydrogens is 314 g/mol. The molecule has 0 radical (unpaired) electrons. The van der Waals surface area contributed by atoms with Crippen LogP contribution in [0.5, 0.6) is 0 Å². The monoisotopic (exact) mass is 331 g/mol. The van der Waals surface area contributed by atoms with Crippen molar-refractivity contribution in [1.29, 1.82) is 0 Å². The summed E-state index contributed by atoms with van der Waals surface area (Å²) in [5, 5.41) is 4.02. The van der Waals surface area contributed by atoms with Gasteiger partial charge in [-0.2, -0.15) is 0 Å². The summed E-state index contributed by atoms with van der Waals surface area (Å²) >= 11 is 6.03. The summed E-state index contributed by atoms with van der Waals surface area (Å²) in [6.45, 7) is 1.30. The minimum absolute atomic E-state index is 0.137. The van der Waals surface area contributed by atoms with Crippen LogP contribution in [0.2, 0.25) is 5.02 Å². The number of carbonyl (C=O) groups is 1. The minimum atomic E-state index is -0.376. The van der Waals surface area contributed by atoms with Gasteiger partial charge in [0.1, 0.15) is 12.1 Å². The third-order valence-corrected chi connectivity index (χ3v) is 4.11. The number of nitrogens with two attached hydrogens (primary N) is 1. The fourth-order valence-electron chi connectivity index (χ4n) is 2.75. The zero-order valence-electron chi connectivity index (χ0n) is 12.6. The number of amides is 2. The van der Waals surface area contributed by atoms with E-state index in [2.05, 4.69) is 15.3 Å². The lowest BCUT2D eigenvalue weighted by atomic mass is 10.1. The van der Waals surface area contributed by atoms with E-state index in [-0.39, 0.29) is 12.1 Å². The van der Waals surface area contributed by atoms with Gasteiger partial charge in [-0.05, 0) is 25.0 Å². The second-order valence-electron chi connectivity index (χ2n) is 5.57. The molecule has 1 saturated heterocycles. The molecule has 0 saturated carbocycles. The number of hydrogen-bond donors (Lipinski definition) is 2. The normalized spacial score (nSPS) is 17.8. The van der Waals surface area contributed by atoms with Gasteiger partial charge < -0.3 is 16.0 Å². The fraction of sp³-hybridized carbons (Fsp3) is 0.312. The molecule has 1 aromatic heterocycles. The topological polar surface area (TPSA) is 84.1 Å².